The van der Waals surface area contributed by atoms with E-state index in [0.29, 0.717) is 29.3 Å². The lowest BCUT2D eigenvalue weighted by atomic mass is 9.86. The van der Waals surface area contributed by atoms with Crippen LogP contribution in [0.2, 0.25) is 0 Å². The third-order valence-electron chi connectivity index (χ3n) is 7.57. The maximum atomic E-state index is 15.8. The molecule has 0 spiro atoms. The second-order valence-corrected chi connectivity index (χ2v) is 11.7. The van der Waals surface area contributed by atoms with Gasteiger partial charge in [-0.1, -0.05) is 39.8 Å². The Labute approximate surface area is 223 Å². The van der Waals surface area contributed by atoms with Gasteiger partial charge in [0.05, 0.1) is 18.0 Å². The van der Waals surface area contributed by atoms with Gasteiger partial charge in [-0.2, -0.15) is 4.98 Å². The molecule has 7 heteroatoms. The number of nitrogens with one attached hydrogen (secondary N) is 1. The fourth-order valence-electron chi connectivity index (χ4n) is 5.27. The van der Waals surface area contributed by atoms with E-state index in [1.165, 1.54) is 10.1 Å². The van der Waals surface area contributed by atoms with Crippen LogP contribution in [0.25, 0.3) is 28.0 Å². The van der Waals surface area contributed by atoms with E-state index in [2.05, 4.69) is 37.7 Å². The minimum atomic E-state index is -0.395. The molecule has 0 fully saturated rings. The van der Waals surface area contributed by atoms with Gasteiger partial charge in [0.2, 0.25) is 0 Å². The Morgan fingerprint density at radius 1 is 1.16 bits per heavy atom. The first-order valence-corrected chi connectivity index (χ1v) is 13.5. The summed E-state index contributed by atoms with van der Waals surface area (Å²) in [5.74, 6) is 0.189. The Balaban J connectivity index is 1.57. The first-order valence-electron chi connectivity index (χ1n) is 13.5. The Morgan fingerprint density at radius 2 is 1.89 bits per heavy atom. The van der Waals surface area contributed by atoms with Crippen molar-refractivity contribution in [3.63, 3.8) is 0 Å². The maximum Gasteiger partial charge on any atom is 0.354 e. The first kappa shape index (κ1) is 26.2. The molecule has 5 rings (SSSR count). The number of H-pyrrole nitrogens is 1. The van der Waals surface area contributed by atoms with E-state index in [4.69, 9.17) is 10.5 Å². The van der Waals surface area contributed by atoms with Crippen LogP contribution in [0.3, 0.4) is 0 Å². The van der Waals surface area contributed by atoms with Crippen molar-refractivity contribution in [3.05, 3.63) is 75.6 Å². The lowest BCUT2D eigenvalue weighted by Gasteiger charge is -2.25. The van der Waals surface area contributed by atoms with E-state index in [9.17, 15) is 4.79 Å². The van der Waals surface area contributed by atoms with Crippen LogP contribution in [0, 0.1) is 5.82 Å². The van der Waals surface area contributed by atoms with E-state index >= 15 is 4.39 Å². The third kappa shape index (κ3) is 4.99. The van der Waals surface area contributed by atoms with Crippen LogP contribution in [0.1, 0.15) is 76.5 Å². The molecule has 2 aromatic carbocycles. The summed E-state index contributed by atoms with van der Waals surface area (Å²) in [7, 11) is 0. The molecule has 0 radical (unpaired) electrons. The van der Waals surface area contributed by atoms with Crippen molar-refractivity contribution in [1.82, 2.24) is 14.5 Å². The summed E-state index contributed by atoms with van der Waals surface area (Å²) in [4.78, 5) is 20.4. The van der Waals surface area contributed by atoms with Crippen molar-refractivity contribution in [2.24, 2.45) is 5.73 Å². The molecule has 3 heterocycles. The molecule has 6 nitrogen and oxygen atoms in total. The van der Waals surface area contributed by atoms with Crippen LogP contribution < -0.4 is 16.2 Å². The lowest BCUT2D eigenvalue weighted by Crippen LogP contribution is -2.20. The van der Waals surface area contributed by atoms with Gasteiger partial charge in [0.25, 0.3) is 0 Å². The van der Waals surface area contributed by atoms with Crippen molar-refractivity contribution in [3.8, 4) is 22.7 Å². The van der Waals surface area contributed by atoms with Gasteiger partial charge in [0, 0.05) is 28.8 Å². The van der Waals surface area contributed by atoms with Gasteiger partial charge in [0.1, 0.15) is 5.65 Å². The SMILES string of the molecule is CC(CC[C@H](C)N)c1cc(-c2cc3cn(-c4ccc(C(C)(C)C)cc4)c(=O)nc3[nH]2)c(F)c2c1CCCO2. The lowest BCUT2D eigenvalue weighted by molar-refractivity contribution is 0.272. The predicted molar refractivity (Wildman–Crippen MR) is 151 cm³/mol. The normalized spacial score (nSPS) is 15.2. The summed E-state index contributed by atoms with van der Waals surface area (Å²) in [6.45, 7) is 11.1. The third-order valence-corrected chi connectivity index (χ3v) is 7.57. The molecule has 0 saturated carbocycles. The zero-order valence-electron chi connectivity index (χ0n) is 22.9. The number of fused-ring (bicyclic) bond motifs is 2. The topological polar surface area (TPSA) is 85.9 Å². The number of hydrogen-bond donors (Lipinski definition) is 2. The minimum absolute atomic E-state index is 0.0167. The van der Waals surface area contributed by atoms with E-state index in [0.717, 1.165) is 47.9 Å². The molecular weight excluding hydrogens is 479 g/mol. The molecule has 0 bridgehead atoms. The number of ether oxygens (including phenoxy) is 1. The largest absolute Gasteiger partial charge is 0.490 e. The summed E-state index contributed by atoms with van der Waals surface area (Å²) in [6, 6.07) is 11.8. The second kappa shape index (κ2) is 10.0. The quantitative estimate of drug-likeness (QED) is 0.312. The van der Waals surface area contributed by atoms with Crippen LogP contribution in [-0.4, -0.2) is 27.2 Å². The molecule has 0 amide bonds. The molecule has 38 heavy (non-hydrogen) atoms. The fraction of sp³-hybridized carbons (Fsp3) is 0.419. The molecule has 0 aliphatic carbocycles. The van der Waals surface area contributed by atoms with Crippen molar-refractivity contribution < 1.29 is 9.13 Å². The van der Waals surface area contributed by atoms with Gasteiger partial charge in [-0.15, -0.1) is 0 Å². The Hall–Kier alpha value is -3.45. The number of rotatable bonds is 6. The highest BCUT2D eigenvalue weighted by Crippen LogP contribution is 2.41. The van der Waals surface area contributed by atoms with E-state index in [1.807, 2.05) is 43.3 Å². The summed E-state index contributed by atoms with van der Waals surface area (Å²) in [5.41, 5.74) is 11.0. The average molecular weight is 517 g/mol. The Morgan fingerprint density at radius 3 is 2.58 bits per heavy atom. The highest BCUT2D eigenvalue weighted by atomic mass is 19.1. The fourth-order valence-corrected chi connectivity index (χ4v) is 5.27. The zero-order valence-corrected chi connectivity index (χ0v) is 22.9. The summed E-state index contributed by atoms with van der Waals surface area (Å²) in [6.07, 6.45) is 5.24. The van der Waals surface area contributed by atoms with E-state index in [1.54, 1.807) is 6.20 Å². The molecule has 3 N–H and O–H groups in total. The predicted octanol–water partition coefficient (Wildman–Crippen LogP) is 6.37. The smallest absolute Gasteiger partial charge is 0.354 e. The molecule has 2 aromatic heterocycles. The van der Waals surface area contributed by atoms with E-state index < -0.39 is 5.69 Å². The van der Waals surface area contributed by atoms with Crippen LogP contribution in [-0.2, 0) is 11.8 Å². The molecule has 1 aliphatic rings. The first-order chi connectivity index (χ1) is 18.0. The van der Waals surface area contributed by atoms with Gasteiger partial charge in [0.15, 0.2) is 11.6 Å². The van der Waals surface area contributed by atoms with Crippen molar-refractivity contribution in [2.75, 3.05) is 6.61 Å². The molecular formula is C31H37FN4O2. The zero-order chi connectivity index (χ0) is 27.2. The summed E-state index contributed by atoms with van der Waals surface area (Å²) >= 11 is 0. The maximum absolute atomic E-state index is 15.8. The van der Waals surface area contributed by atoms with Gasteiger partial charge < -0.3 is 15.5 Å². The average Bonchev–Trinajstić information content (AvgIpc) is 3.29. The number of halogens is 1. The number of benzene rings is 2. The van der Waals surface area contributed by atoms with E-state index in [-0.39, 0.29) is 23.2 Å². The number of aromatic nitrogens is 3. The molecule has 1 aliphatic heterocycles. The molecule has 4 aromatic rings. The minimum Gasteiger partial charge on any atom is -0.490 e. The molecule has 200 valence electrons. The molecule has 1 unspecified atom stereocenters. The van der Waals surface area contributed by atoms with Crippen LogP contribution in [0.15, 0.2) is 47.4 Å². The summed E-state index contributed by atoms with van der Waals surface area (Å²) in [5, 5.41) is 0.726. The highest BCUT2D eigenvalue weighted by Gasteiger charge is 2.26. The van der Waals surface area contributed by atoms with Crippen molar-refractivity contribution in [2.45, 2.75) is 77.7 Å². The van der Waals surface area contributed by atoms with Crippen molar-refractivity contribution >= 4 is 11.0 Å². The molecule has 0 saturated heterocycles. The van der Waals surface area contributed by atoms with Gasteiger partial charge >= 0.3 is 5.69 Å². The Kier molecular flexibility index (Phi) is 6.90. The number of aromatic amines is 1. The van der Waals surface area contributed by atoms with Crippen molar-refractivity contribution in [1.29, 1.82) is 0 Å². The van der Waals surface area contributed by atoms with Gasteiger partial charge in [-0.05, 0) is 79.3 Å². The second-order valence-electron chi connectivity index (χ2n) is 11.7. The van der Waals surface area contributed by atoms with Crippen LogP contribution >= 0.6 is 0 Å². The summed E-state index contributed by atoms with van der Waals surface area (Å²) < 4.78 is 23.2. The van der Waals surface area contributed by atoms with Gasteiger partial charge in [-0.3, -0.25) is 4.57 Å². The number of hydrogen-bond acceptors (Lipinski definition) is 4. The molecule has 2 atom stereocenters. The monoisotopic (exact) mass is 516 g/mol. The Bertz CT molecular complexity index is 1530. The number of nitrogens with two attached hydrogens (primary N) is 1. The van der Waals surface area contributed by atoms with Crippen LogP contribution in [0.5, 0.6) is 5.75 Å². The highest BCUT2D eigenvalue weighted by molar-refractivity contribution is 5.83. The van der Waals surface area contributed by atoms with Crippen LogP contribution in [0.4, 0.5) is 4.39 Å². The van der Waals surface area contributed by atoms with Gasteiger partial charge in [-0.25, -0.2) is 9.18 Å². The number of nitrogens with zero attached hydrogens (tertiary/aromatic N) is 2. The standard InChI is InChI=1S/C31H37FN4O2/c1-18(8-9-19(2)33)24-16-25(27(32)28-23(24)7-6-14-38-28)26-15-20-17-36(30(37)35-29(20)34-26)22-12-10-21(11-13-22)31(3,4)5/h10-13,15-19H,6-9,14,33H2,1-5H3,(H,34,35,37)/t18?,19-/m0/s1.